The Hall–Kier alpha value is -4.57. The largest absolute Gasteiger partial charge is 0.355 e. The maximum atomic E-state index is 13.1. The van der Waals surface area contributed by atoms with E-state index in [4.69, 9.17) is 16.1 Å². The second kappa shape index (κ2) is 9.12. The van der Waals surface area contributed by atoms with Gasteiger partial charge in [0.05, 0.1) is 17.5 Å². The van der Waals surface area contributed by atoms with Gasteiger partial charge < -0.3 is 15.2 Å². The van der Waals surface area contributed by atoms with Crippen LogP contribution in [-0.4, -0.2) is 37.6 Å². The molecular formula is C23H16ClN7O3. The van der Waals surface area contributed by atoms with Crippen LogP contribution in [0.25, 0.3) is 22.4 Å². The summed E-state index contributed by atoms with van der Waals surface area (Å²) in [4.78, 5) is 25.5. The van der Waals surface area contributed by atoms with Crippen molar-refractivity contribution < 1.29 is 14.1 Å². The number of tetrazole rings is 1. The van der Waals surface area contributed by atoms with Crippen molar-refractivity contribution in [3.05, 3.63) is 83.0 Å². The average molecular weight is 474 g/mol. The number of fused-ring (bicyclic) bond motifs is 1. The van der Waals surface area contributed by atoms with Crippen LogP contribution in [0.4, 0.5) is 11.4 Å². The van der Waals surface area contributed by atoms with Crippen LogP contribution in [0.3, 0.4) is 0 Å². The van der Waals surface area contributed by atoms with Crippen LogP contribution in [0, 0.1) is 0 Å². The Bertz CT molecular complexity index is 1480. The molecule has 10 nitrogen and oxygen atoms in total. The van der Waals surface area contributed by atoms with Gasteiger partial charge in [-0.25, -0.2) is 0 Å². The van der Waals surface area contributed by atoms with E-state index in [2.05, 4.69) is 36.4 Å². The van der Waals surface area contributed by atoms with Crippen molar-refractivity contribution in [2.24, 2.45) is 0 Å². The smallest absolute Gasteiger partial charge is 0.278 e. The number of carbonyl (C=O) groups is 2. The van der Waals surface area contributed by atoms with Crippen molar-refractivity contribution in [3.63, 3.8) is 0 Å². The summed E-state index contributed by atoms with van der Waals surface area (Å²) in [6.07, 6.45) is 0.227. The molecule has 168 valence electrons. The maximum Gasteiger partial charge on any atom is 0.278 e. The third-order valence-corrected chi connectivity index (χ3v) is 5.23. The highest BCUT2D eigenvalue weighted by molar-refractivity contribution is 6.31. The fraction of sp³-hybridized carbons (Fsp3) is 0.0435. The van der Waals surface area contributed by atoms with E-state index >= 15 is 0 Å². The lowest BCUT2D eigenvalue weighted by atomic mass is 10.1. The van der Waals surface area contributed by atoms with Crippen LogP contribution in [0.1, 0.15) is 16.1 Å². The van der Waals surface area contributed by atoms with E-state index in [0.29, 0.717) is 32.9 Å². The number of amides is 2. The molecule has 0 atom stereocenters. The molecule has 0 saturated carbocycles. The van der Waals surface area contributed by atoms with Gasteiger partial charge in [0.2, 0.25) is 11.7 Å². The van der Waals surface area contributed by atoms with Crippen molar-refractivity contribution in [3.8, 4) is 11.4 Å². The van der Waals surface area contributed by atoms with Crippen LogP contribution in [-0.2, 0) is 11.2 Å². The van der Waals surface area contributed by atoms with Crippen molar-refractivity contribution in [2.75, 3.05) is 10.6 Å². The first-order valence-electron chi connectivity index (χ1n) is 10.1. The maximum absolute atomic E-state index is 13.1. The summed E-state index contributed by atoms with van der Waals surface area (Å²) in [6, 6.07) is 19.2. The second-order valence-corrected chi connectivity index (χ2v) is 7.77. The van der Waals surface area contributed by atoms with Crippen LogP contribution in [0.5, 0.6) is 0 Å². The lowest BCUT2D eigenvalue weighted by molar-refractivity contribution is -0.115. The number of benzene rings is 3. The monoisotopic (exact) mass is 473 g/mol. The number of carbonyl (C=O) groups excluding carboxylic acids is 2. The number of nitrogens with zero attached hydrogens (tertiary/aromatic N) is 4. The molecule has 0 fully saturated rings. The van der Waals surface area contributed by atoms with Crippen molar-refractivity contribution in [1.82, 2.24) is 25.8 Å². The first kappa shape index (κ1) is 21.3. The molecule has 5 rings (SSSR count). The Balaban J connectivity index is 1.38. The van der Waals surface area contributed by atoms with E-state index in [1.165, 1.54) is 0 Å². The van der Waals surface area contributed by atoms with Gasteiger partial charge in [-0.2, -0.15) is 5.21 Å². The molecule has 0 radical (unpaired) electrons. The van der Waals surface area contributed by atoms with E-state index < -0.39 is 5.91 Å². The number of aromatic amines is 1. The van der Waals surface area contributed by atoms with Gasteiger partial charge in [-0.15, -0.1) is 10.2 Å². The summed E-state index contributed by atoms with van der Waals surface area (Å²) in [5.74, 6) is -0.427. The van der Waals surface area contributed by atoms with Crippen LogP contribution < -0.4 is 10.6 Å². The molecule has 0 spiro atoms. The quantitative estimate of drug-likeness (QED) is 0.337. The standard InChI is InChI=1S/C23H16ClN7O3/c24-14-6-8-18(16(11-14)22-27-30-31-28-22)26-23(33)21-17-12-15(7-9-19(17)34-29-21)25-20(32)10-13-4-2-1-3-5-13/h1-9,11-12H,10H2,(H,25,32)(H,26,33)(H,27,28,30,31). The molecule has 0 saturated heterocycles. The molecule has 0 bridgehead atoms. The van der Waals surface area contributed by atoms with E-state index in [0.717, 1.165) is 5.56 Å². The lowest BCUT2D eigenvalue weighted by Crippen LogP contribution is -2.15. The predicted octanol–water partition coefficient (Wildman–Crippen LogP) is 4.09. The molecule has 0 unspecified atom stereocenters. The van der Waals surface area contributed by atoms with E-state index in [9.17, 15) is 9.59 Å². The number of rotatable bonds is 6. The molecule has 3 aromatic carbocycles. The van der Waals surface area contributed by atoms with Gasteiger partial charge in [0.1, 0.15) is 0 Å². The van der Waals surface area contributed by atoms with Crippen molar-refractivity contribution in [1.29, 1.82) is 0 Å². The molecule has 0 aliphatic carbocycles. The second-order valence-electron chi connectivity index (χ2n) is 7.33. The summed E-state index contributed by atoms with van der Waals surface area (Å²) in [5.41, 5.74) is 2.77. The number of hydrogen-bond donors (Lipinski definition) is 3. The zero-order chi connectivity index (χ0) is 23.5. The number of H-pyrrole nitrogens is 1. The zero-order valence-electron chi connectivity index (χ0n) is 17.4. The minimum Gasteiger partial charge on any atom is -0.355 e. The fourth-order valence-electron chi connectivity index (χ4n) is 3.43. The molecular weight excluding hydrogens is 458 g/mol. The molecule has 2 amide bonds. The Morgan fingerprint density at radius 2 is 1.85 bits per heavy atom. The minimum atomic E-state index is -0.515. The van der Waals surface area contributed by atoms with Gasteiger partial charge in [-0.1, -0.05) is 47.1 Å². The highest BCUT2D eigenvalue weighted by atomic mass is 35.5. The number of halogens is 1. The predicted molar refractivity (Wildman–Crippen MR) is 125 cm³/mol. The number of aromatic nitrogens is 5. The SMILES string of the molecule is O=C(Cc1ccccc1)Nc1ccc2onc(C(=O)Nc3ccc(Cl)cc3-c3nn[nH]n3)c2c1. The van der Waals surface area contributed by atoms with Crippen LogP contribution in [0.15, 0.2) is 71.3 Å². The Morgan fingerprint density at radius 1 is 1.00 bits per heavy atom. The first-order valence-corrected chi connectivity index (χ1v) is 10.5. The first-order chi connectivity index (χ1) is 16.6. The van der Waals surface area contributed by atoms with Crippen LogP contribution in [0.2, 0.25) is 5.02 Å². The average Bonchev–Trinajstić information content (AvgIpc) is 3.51. The van der Waals surface area contributed by atoms with Gasteiger partial charge in [-0.05, 0) is 47.2 Å². The molecule has 0 aliphatic rings. The number of nitrogens with one attached hydrogen (secondary N) is 3. The Kier molecular flexibility index (Phi) is 5.71. The van der Waals surface area contributed by atoms with Gasteiger partial charge in [-0.3, -0.25) is 9.59 Å². The van der Waals surface area contributed by atoms with Gasteiger partial charge >= 0.3 is 0 Å². The topological polar surface area (TPSA) is 139 Å². The summed E-state index contributed by atoms with van der Waals surface area (Å²) in [5, 5.41) is 24.2. The molecule has 11 heteroatoms. The van der Waals surface area contributed by atoms with Gasteiger partial charge in [0, 0.05) is 16.3 Å². The zero-order valence-corrected chi connectivity index (χ0v) is 18.2. The summed E-state index contributed by atoms with van der Waals surface area (Å²) in [6.45, 7) is 0. The van der Waals surface area contributed by atoms with E-state index in [1.54, 1.807) is 36.4 Å². The van der Waals surface area contributed by atoms with Crippen molar-refractivity contribution in [2.45, 2.75) is 6.42 Å². The lowest BCUT2D eigenvalue weighted by Gasteiger charge is -2.08. The molecule has 34 heavy (non-hydrogen) atoms. The molecule has 3 N–H and O–H groups in total. The van der Waals surface area contributed by atoms with Gasteiger partial charge in [0.15, 0.2) is 11.3 Å². The molecule has 2 aromatic heterocycles. The van der Waals surface area contributed by atoms with E-state index in [1.807, 2.05) is 30.3 Å². The molecule has 2 heterocycles. The minimum absolute atomic E-state index is 0.0585. The molecule has 5 aromatic rings. The number of anilines is 2. The third kappa shape index (κ3) is 4.48. The molecule has 0 aliphatic heterocycles. The summed E-state index contributed by atoms with van der Waals surface area (Å²) in [7, 11) is 0. The highest BCUT2D eigenvalue weighted by Gasteiger charge is 2.20. The normalized spacial score (nSPS) is 10.9. The summed E-state index contributed by atoms with van der Waals surface area (Å²) >= 11 is 6.10. The Morgan fingerprint density at radius 3 is 2.65 bits per heavy atom. The summed E-state index contributed by atoms with van der Waals surface area (Å²) < 4.78 is 5.30. The van der Waals surface area contributed by atoms with E-state index in [-0.39, 0.29) is 23.8 Å². The number of hydrogen-bond acceptors (Lipinski definition) is 7. The highest BCUT2D eigenvalue weighted by Crippen LogP contribution is 2.29. The van der Waals surface area contributed by atoms with Gasteiger partial charge in [0.25, 0.3) is 5.91 Å². The Labute approximate surface area is 197 Å². The van der Waals surface area contributed by atoms with Crippen molar-refractivity contribution >= 4 is 45.8 Å². The fourth-order valence-corrected chi connectivity index (χ4v) is 3.61. The van der Waals surface area contributed by atoms with Crippen LogP contribution >= 0.6 is 11.6 Å². The third-order valence-electron chi connectivity index (χ3n) is 4.99.